The minimum Gasteiger partial charge on any atom is -0.467 e. The number of halogens is 2. The largest absolute Gasteiger partial charge is 0.467 e. The van der Waals surface area contributed by atoms with E-state index in [1.54, 1.807) is 37.8 Å². The normalized spacial score (nSPS) is 19.9. The molecule has 1 unspecified atom stereocenters. The summed E-state index contributed by atoms with van der Waals surface area (Å²) in [4.78, 5) is 26.7. The van der Waals surface area contributed by atoms with Gasteiger partial charge < -0.3 is 29.6 Å². The number of hydrogen-bond donors (Lipinski definition) is 1. The minimum absolute atomic E-state index is 0.0128. The van der Waals surface area contributed by atoms with Crippen LogP contribution in [0.2, 0.25) is 10.0 Å². The molecule has 3 atom stereocenters. The Hall–Kier alpha value is -1.74. The number of carbonyl (C=O) groups is 2. The van der Waals surface area contributed by atoms with Crippen molar-refractivity contribution in [3.63, 3.8) is 0 Å². The van der Waals surface area contributed by atoms with Crippen LogP contribution >= 0.6 is 23.2 Å². The second-order valence-electron chi connectivity index (χ2n) is 8.43. The minimum atomic E-state index is -0.706. The molecule has 2 N–H and O–H groups in total. The summed E-state index contributed by atoms with van der Waals surface area (Å²) in [5.41, 5.74) is 5.44. The number of carbonyl (C=O) groups excluding carboxylic acids is 2. The lowest BCUT2D eigenvalue weighted by Crippen LogP contribution is -2.39. The Morgan fingerprint density at radius 2 is 1.90 bits per heavy atom. The third kappa shape index (κ3) is 6.38. The Kier molecular flexibility index (Phi) is 8.83. The van der Waals surface area contributed by atoms with Gasteiger partial charge in [0.2, 0.25) is 5.91 Å². The van der Waals surface area contributed by atoms with Crippen molar-refractivity contribution in [1.82, 2.24) is 4.90 Å². The van der Waals surface area contributed by atoms with Crippen molar-refractivity contribution in [3.05, 3.63) is 27.7 Å². The van der Waals surface area contributed by atoms with Crippen LogP contribution in [-0.2, 0) is 19.0 Å². The van der Waals surface area contributed by atoms with E-state index < -0.39 is 29.6 Å². The zero-order chi connectivity index (χ0) is 23.3. The van der Waals surface area contributed by atoms with Crippen molar-refractivity contribution < 1.29 is 28.5 Å². The Bertz CT molecular complexity index is 799. The van der Waals surface area contributed by atoms with E-state index in [1.807, 2.05) is 0 Å². The van der Waals surface area contributed by atoms with Crippen LogP contribution in [0.4, 0.5) is 4.79 Å². The Morgan fingerprint density at radius 3 is 2.45 bits per heavy atom. The maximum atomic E-state index is 13.1. The predicted octanol–water partition coefficient (Wildman–Crippen LogP) is 4.02. The summed E-state index contributed by atoms with van der Waals surface area (Å²) in [6.45, 7) is 5.72. The summed E-state index contributed by atoms with van der Waals surface area (Å²) >= 11 is 12.8. The summed E-state index contributed by atoms with van der Waals surface area (Å²) in [5.74, 6) is -0.913. The lowest BCUT2D eigenvalue weighted by molar-refractivity contribution is -0.125. The van der Waals surface area contributed by atoms with Gasteiger partial charge in [-0.1, -0.05) is 23.2 Å². The third-order valence-corrected chi connectivity index (χ3v) is 5.82. The van der Waals surface area contributed by atoms with E-state index in [4.69, 9.17) is 47.9 Å². The van der Waals surface area contributed by atoms with Gasteiger partial charge in [0.15, 0.2) is 6.79 Å². The third-order valence-electron chi connectivity index (χ3n) is 5.00. The molecule has 1 aromatic carbocycles. The van der Waals surface area contributed by atoms with Crippen LogP contribution in [0.25, 0.3) is 0 Å². The summed E-state index contributed by atoms with van der Waals surface area (Å²) in [5, 5.41) is 0.578. The summed E-state index contributed by atoms with van der Waals surface area (Å²) in [7, 11) is 3.00. The van der Waals surface area contributed by atoms with E-state index in [1.165, 1.54) is 14.2 Å². The Morgan fingerprint density at radius 1 is 1.23 bits per heavy atom. The summed E-state index contributed by atoms with van der Waals surface area (Å²) in [6.07, 6.45) is -0.131. The molecule has 10 heteroatoms. The number of hydrogen-bond acceptors (Lipinski definition) is 6. The fourth-order valence-corrected chi connectivity index (χ4v) is 4.14. The van der Waals surface area contributed by atoms with Gasteiger partial charge in [0.25, 0.3) is 0 Å². The number of methoxy groups -OCH3 is 2. The molecule has 174 valence electrons. The monoisotopic (exact) mass is 476 g/mol. The molecule has 1 aliphatic rings. The molecular weight excluding hydrogens is 447 g/mol. The van der Waals surface area contributed by atoms with Crippen LogP contribution < -0.4 is 10.5 Å². The molecule has 0 saturated carbocycles. The molecule has 0 aromatic heterocycles. The molecule has 1 fully saturated rings. The molecule has 0 radical (unpaired) electrons. The highest BCUT2D eigenvalue weighted by atomic mass is 35.5. The van der Waals surface area contributed by atoms with Gasteiger partial charge in [0.05, 0.1) is 28.6 Å². The summed E-state index contributed by atoms with van der Waals surface area (Å²) in [6, 6.07) is 2.74. The van der Waals surface area contributed by atoms with Crippen LogP contribution in [0, 0.1) is 11.8 Å². The number of nitrogens with two attached hydrogens (primary N) is 1. The van der Waals surface area contributed by atoms with Gasteiger partial charge in [0.1, 0.15) is 11.4 Å². The zero-order valence-corrected chi connectivity index (χ0v) is 20.0. The molecule has 8 nitrogen and oxygen atoms in total. The molecule has 0 spiro atoms. The first kappa shape index (κ1) is 25.5. The van der Waals surface area contributed by atoms with Crippen molar-refractivity contribution in [3.8, 4) is 5.75 Å². The number of nitrogens with zero attached hydrogens (tertiary/aromatic N) is 1. The van der Waals surface area contributed by atoms with Gasteiger partial charge in [-0.2, -0.15) is 0 Å². The van der Waals surface area contributed by atoms with E-state index in [0.29, 0.717) is 22.8 Å². The number of rotatable bonds is 8. The molecule has 0 bridgehead atoms. The van der Waals surface area contributed by atoms with E-state index in [9.17, 15) is 9.59 Å². The van der Waals surface area contributed by atoms with Crippen LogP contribution in [0.5, 0.6) is 5.75 Å². The lowest BCUT2D eigenvalue weighted by Gasteiger charge is -2.30. The molecule has 1 heterocycles. The lowest BCUT2D eigenvalue weighted by atomic mass is 9.88. The van der Waals surface area contributed by atoms with E-state index in [-0.39, 0.29) is 30.9 Å². The van der Waals surface area contributed by atoms with E-state index in [2.05, 4.69) is 0 Å². The van der Waals surface area contributed by atoms with E-state index >= 15 is 0 Å². The van der Waals surface area contributed by atoms with Crippen molar-refractivity contribution in [2.24, 2.45) is 17.6 Å². The van der Waals surface area contributed by atoms with E-state index in [0.717, 1.165) is 0 Å². The topological polar surface area (TPSA) is 100 Å². The molecule has 1 aliphatic heterocycles. The smallest absolute Gasteiger partial charge is 0.410 e. The molecular formula is C21H30Cl2N2O6. The maximum Gasteiger partial charge on any atom is 0.410 e. The maximum absolute atomic E-state index is 13.1. The standard InChI is InChI=1S/C21H30Cl2N2O6/c1-21(2,3)31-20(27)25-9-12(13(10-28-4)19(24)26)8-15(25)17-16(30-11-29-5)7-6-14(22)18(17)23/h6-7,12-13,15H,8-11H2,1-5H3,(H2,24,26)/t12-,13?,15-/m1/s1. The van der Waals surface area contributed by atoms with Crippen molar-refractivity contribution in [2.45, 2.75) is 38.8 Å². The van der Waals surface area contributed by atoms with Crippen molar-refractivity contribution >= 4 is 35.2 Å². The molecule has 1 aromatic rings. The van der Waals surface area contributed by atoms with Crippen LogP contribution in [0.15, 0.2) is 12.1 Å². The fraction of sp³-hybridized carbons (Fsp3) is 0.619. The van der Waals surface area contributed by atoms with Crippen molar-refractivity contribution in [1.29, 1.82) is 0 Å². The van der Waals surface area contributed by atoms with Gasteiger partial charge >= 0.3 is 6.09 Å². The van der Waals surface area contributed by atoms with Gasteiger partial charge in [0, 0.05) is 26.3 Å². The molecule has 2 amide bonds. The number of ether oxygens (including phenoxy) is 4. The highest BCUT2D eigenvalue weighted by Gasteiger charge is 2.44. The molecule has 0 aliphatic carbocycles. The van der Waals surface area contributed by atoms with Crippen LogP contribution in [-0.4, -0.2) is 56.7 Å². The molecule has 31 heavy (non-hydrogen) atoms. The first-order valence-electron chi connectivity index (χ1n) is 9.87. The van der Waals surface area contributed by atoms with Crippen LogP contribution in [0.1, 0.15) is 38.8 Å². The molecule has 2 rings (SSSR count). The zero-order valence-electron chi connectivity index (χ0n) is 18.4. The highest BCUT2D eigenvalue weighted by Crippen LogP contribution is 2.47. The Balaban J connectivity index is 2.51. The number of benzene rings is 1. The Labute approximate surface area is 192 Å². The van der Waals surface area contributed by atoms with Gasteiger partial charge in [-0.15, -0.1) is 0 Å². The quantitative estimate of drug-likeness (QED) is 0.568. The number of amides is 2. The average molecular weight is 477 g/mol. The first-order chi connectivity index (χ1) is 14.5. The first-order valence-corrected chi connectivity index (χ1v) is 10.6. The second-order valence-corrected chi connectivity index (χ2v) is 9.22. The number of primary amides is 1. The predicted molar refractivity (Wildman–Crippen MR) is 117 cm³/mol. The summed E-state index contributed by atoms with van der Waals surface area (Å²) < 4.78 is 21.5. The van der Waals surface area contributed by atoms with Crippen molar-refractivity contribution in [2.75, 3.05) is 34.2 Å². The second kappa shape index (κ2) is 10.7. The molecule has 1 saturated heterocycles. The fourth-order valence-electron chi connectivity index (χ4n) is 3.69. The highest BCUT2D eigenvalue weighted by molar-refractivity contribution is 6.42. The average Bonchev–Trinajstić information content (AvgIpc) is 3.10. The number of likely N-dealkylation sites (tertiary alicyclic amines) is 1. The van der Waals surface area contributed by atoms with Gasteiger partial charge in [-0.05, 0) is 45.2 Å². The van der Waals surface area contributed by atoms with Gasteiger partial charge in [-0.25, -0.2) is 4.79 Å². The van der Waals surface area contributed by atoms with Gasteiger partial charge in [-0.3, -0.25) is 4.79 Å². The SMILES string of the molecule is COCOc1ccc(Cl)c(Cl)c1[C@H]1C[C@@H](C(COC)C(N)=O)CN1C(=O)OC(C)(C)C. The van der Waals surface area contributed by atoms with Crippen LogP contribution in [0.3, 0.4) is 0 Å².